The van der Waals surface area contributed by atoms with Gasteiger partial charge < -0.3 is 10.6 Å². The number of terminal acetylenes is 1. The molecule has 1 amide bonds. The third kappa shape index (κ3) is 2.58. The first-order valence-corrected chi connectivity index (χ1v) is 9.66. The number of hydrogen-bond acceptors (Lipinski definition) is 6. The standard InChI is InChI=1S/C21H15N5OS/c1-3-17-22-9-8-15(26-17)14-5-4-12-13(25-14)6-7-16-18(12)19-20(28-16)21(27)24-11(2)10-23-19/h1,4-9,11,23H,10H2,2H3,(H,24,27)/t11-/m1/s1. The molecule has 0 saturated heterocycles. The van der Waals surface area contributed by atoms with Gasteiger partial charge in [-0.2, -0.15) is 0 Å². The Bertz CT molecular complexity index is 1300. The molecular formula is C21H15N5OS. The Morgan fingerprint density at radius 3 is 2.89 bits per heavy atom. The molecule has 0 saturated carbocycles. The number of fused-ring (bicyclic) bond motifs is 5. The second-order valence-electron chi connectivity index (χ2n) is 6.67. The third-order valence-corrected chi connectivity index (χ3v) is 5.89. The van der Waals surface area contributed by atoms with Crippen molar-refractivity contribution in [1.29, 1.82) is 0 Å². The van der Waals surface area contributed by atoms with Crippen molar-refractivity contribution in [2.45, 2.75) is 13.0 Å². The normalized spacial score (nSPS) is 16.1. The number of carbonyl (C=O) groups excluding carboxylic acids is 1. The van der Waals surface area contributed by atoms with E-state index in [4.69, 9.17) is 11.4 Å². The maximum atomic E-state index is 12.5. The van der Waals surface area contributed by atoms with Gasteiger partial charge in [0.15, 0.2) is 0 Å². The predicted molar refractivity (Wildman–Crippen MR) is 112 cm³/mol. The Labute approximate surface area is 165 Å². The van der Waals surface area contributed by atoms with Crippen LogP contribution >= 0.6 is 11.3 Å². The van der Waals surface area contributed by atoms with E-state index in [2.05, 4.69) is 26.5 Å². The summed E-state index contributed by atoms with van der Waals surface area (Å²) < 4.78 is 1.06. The number of thiophene rings is 1. The zero-order valence-electron chi connectivity index (χ0n) is 15.0. The van der Waals surface area contributed by atoms with Crippen LogP contribution in [-0.4, -0.2) is 33.4 Å². The van der Waals surface area contributed by atoms with Gasteiger partial charge in [0.1, 0.15) is 4.88 Å². The lowest BCUT2D eigenvalue weighted by Gasteiger charge is -2.10. The summed E-state index contributed by atoms with van der Waals surface area (Å²) in [5.74, 6) is 2.75. The number of amides is 1. The molecular weight excluding hydrogens is 370 g/mol. The van der Waals surface area contributed by atoms with E-state index in [1.807, 2.05) is 31.2 Å². The van der Waals surface area contributed by atoms with Gasteiger partial charge in [0.2, 0.25) is 5.82 Å². The van der Waals surface area contributed by atoms with Crippen molar-refractivity contribution in [2.24, 2.45) is 0 Å². The second kappa shape index (κ2) is 6.29. The summed E-state index contributed by atoms with van der Waals surface area (Å²) in [6, 6.07) is 9.80. The maximum Gasteiger partial charge on any atom is 0.263 e. The van der Waals surface area contributed by atoms with Crippen molar-refractivity contribution in [2.75, 3.05) is 11.9 Å². The van der Waals surface area contributed by atoms with Crippen LogP contribution in [0.3, 0.4) is 0 Å². The van der Waals surface area contributed by atoms with Gasteiger partial charge in [-0.1, -0.05) is 0 Å². The number of hydrogen-bond donors (Lipinski definition) is 2. The van der Waals surface area contributed by atoms with Crippen molar-refractivity contribution >= 4 is 43.9 Å². The second-order valence-corrected chi connectivity index (χ2v) is 7.73. The van der Waals surface area contributed by atoms with Gasteiger partial charge in [0, 0.05) is 34.3 Å². The Morgan fingerprint density at radius 2 is 2.04 bits per heavy atom. The lowest BCUT2D eigenvalue weighted by molar-refractivity contribution is 0.0949. The Hall–Kier alpha value is -3.50. The molecule has 4 aromatic rings. The monoisotopic (exact) mass is 385 g/mol. The molecule has 0 spiro atoms. The Morgan fingerprint density at radius 1 is 1.18 bits per heavy atom. The summed E-state index contributed by atoms with van der Waals surface area (Å²) in [5, 5.41) is 8.48. The van der Waals surface area contributed by atoms with Crippen molar-refractivity contribution in [3.8, 4) is 23.7 Å². The van der Waals surface area contributed by atoms with E-state index in [0.717, 1.165) is 32.4 Å². The number of rotatable bonds is 1. The Balaban J connectivity index is 1.71. The van der Waals surface area contributed by atoms with Gasteiger partial charge in [0.05, 0.1) is 22.6 Å². The highest BCUT2D eigenvalue weighted by atomic mass is 32.1. The molecule has 0 radical (unpaired) electrons. The SMILES string of the molecule is C#Cc1nccc(-c2ccc3c(ccc4sc5c(c43)NC[C@@H](C)NC5=O)n2)n1. The third-order valence-electron chi connectivity index (χ3n) is 4.74. The molecule has 1 aromatic carbocycles. The number of pyridine rings is 1. The largest absolute Gasteiger partial charge is 0.381 e. The van der Waals surface area contributed by atoms with Gasteiger partial charge in [-0.05, 0) is 43.2 Å². The summed E-state index contributed by atoms with van der Waals surface area (Å²) in [6.07, 6.45) is 7.04. The molecule has 5 rings (SSSR count). The number of anilines is 1. The zero-order chi connectivity index (χ0) is 19.3. The highest BCUT2D eigenvalue weighted by Gasteiger charge is 2.24. The molecule has 6 nitrogen and oxygen atoms in total. The van der Waals surface area contributed by atoms with E-state index < -0.39 is 0 Å². The van der Waals surface area contributed by atoms with Gasteiger partial charge >= 0.3 is 0 Å². The van der Waals surface area contributed by atoms with E-state index in [1.54, 1.807) is 12.3 Å². The van der Waals surface area contributed by atoms with E-state index in [-0.39, 0.29) is 11.9 Å². The van der Waals surface area contributed by atoms with E-state index in [0.29, 0.717) is 22.9 Å². The van der Waals surface area contributed by atoms with Crippen LogP contribution in [0.15, 0.2) is 36.5 Å². The van der Waals surface area contributed by atoms with Crippen LogP contribution in [0.5, 0.6) is 0 Å². The van der Waals surface area contributed by atoms with Crippen molar-refractivity contribution in [3.63, 3.8) is 0 Å². The van der Waals surface area contributed by atoms with Crippen LogP contribution in [0.1, 0.15) is 22.4 Å². The summed E-state index contributed by atoms with van der Waals surface area (Å²) in [5.41, 5.74) is 3.14. The molecule has 1 aliphatic heterocycles. The number of benzene rings is 1. The average molecular weight is 385 g/mol. The first kappa shape index (κ1) is 16.7. The van der Waals surface area contributed by atoms with Gasteiger partial charge in [-0.15, -0.1) is 17.8 Å². The molecule has 0 bridgehead atoms. The van der Waals surface area contributed by atoms with Crippen LogP contribution < -0.4 is 10.6 Å². The highest BCUT2D eigenvalue weighted by molar-refractivity contribution is 7.21. The summed E-state index contributed by atoms with van der Waals surface area (Å²) in [6.45, 7) is 2.67. The molecule has 136 valence electrons. The first-order valence-electron chi connectivity index (χ1n) is 8.85. The predicted octanol–water partition coefficient (Wildman–Crippen LogP) is 3.43. The molecule has 0 unspecified atom stereocenters. The average Bonchev–Trinajstić information content (AvgIpc) is 3.04. The molecule has 0 aliphatic carbocycles. The minimum atomic E-state index is -0.0331. The smallest absolute Gasteiger partial charge is 0.263 e. The molecule has 7 heteroatoms. The Kier molecular flexibility index (Phi) is 3.74. The summed E-state index contributed by atoms with van der Waals surface area (Å²) in [7, 11) is 0. The fraction of sp³-hybridized carbons (Fsp3) is 0.143. The zero-order valence-corrected chi connectivity index (χ0v) is 15.8. The van der Waals surface area contributed by atoms with E-state index in [1.165, 1.54) is 11.3 Å². The van der Waals surface area contributed by atoms with Crippen LogP contribution in [-0.2, 0) is 0 Å². The fourth-order valence-electron chi connectivity index (χ4n) is 3.44. The fourth-order valence-corrected chi connectivity index (χ4v) is 4.54. The molecule has 1 aliphatic rings. The van der Waals surface area contributed by atoms with Gasteiger partial charge in [-0.25, -0.2) is 15.0 Å². The van der Waals surface area contributed by atoms with Crippen LogP contribution in [0.25, 0.3) is 32.4 Å². The molecule has 0 fully saturated rings. The number of nitrogens with zero attached hydrogens (tertiary/aromatic N) is 3. The maximum absolute atomic E-state index is 12.5. The first-order chi connectivity index (χ1) is 13.6. The number of aromatic nitrogens is 3. The molecule has 28 heavy (non-hydrogen) atoms. The lowest BCUT2D eigenvalue weighted by Crippen LogP contribution is -2.34. The summed E-state index contributed by atoms with van der Waals surface area (Å²) >= 11 is 1.50. The summed E-state index contributed by atoms with van der Waals surface area (Å²) in [4.78, 5) is 26.4. The minimum absolute atomic E-state index is 0.0331. The van der Waals surface area contributed by atoms with Crippen LogP contribution in [0.2, 0.25) is 0 Å². The van der Waals surface area contributed by atoms with Crippen molar-refractivity contribution < 1.29 is 4.79 Å². The molecule has 4 heterocycles. The lowest BCUT2D eigenvalue weighted by atomic mass is 10.1. The highest BCUT2D eigenvalue weighted by Crippen LogP contribution is 2.41. The van der Waals surface area contributed by atoms with E-state index in [9.17, 15) is 4.79 Å². The number of nitrogens with one attached hydrogen (secondary N) is 2. The van der Waals surface area contributed by atoms with Crippen LogP contribution in [0, 0.1) is 12.3 Å². The molecule has 1 atom stereocenters. The quantitative estimate of drug-likeness (QED) is 0.491. The molecule has 3 aromatic heterocycles. The number of carbonyl (C=O) groups is 1. The van der Waals surface area contributed by atoms with Gasteiger partial charge in [-0.3, -0.25) is 4.79 Å². The van der Waals surface area contributed by atoms with E-state index >= 15 is 0 Å². The van der Waals surface area contributed by atoms with Crippen molar-refractivity contribution in [3.05, 3.63) is 47.2 Å². The van der Waals surface area contributed by atoms with Crippen molar-refractivity contribution in [1.82, 2.24) is 20.3 Å². The minimum Gasteiger partial charge on any atom is -0.381 e. The topological polar surface area (TPSA) is 79.8 Å². The molecule has 2 N–H and O–H groups in total. The van der Waals surface area contributed by atoms with Gasteiger partial charge in [0.25, 0.3) is 5.91 Å². The van der Waals surface area contributed by atoms with Crippen LogP contribution in [0.4, 0.5) is 5.69 Å².